The van der Waals surface area contributed by atoms with E-state index in [1.54, 1.807) is 18.2 Å². The largest absolute Gasteiger partial charge is 0.467 e. The molecular weight excluding hydrogens is 342 g/mol. The van der Waals surface area contributed by atoms with Gasteiger partial charge in [0, 0.05) is 44.0 Å². The van der Waals surface area contributed by atoms with Gasteiger partial charge in [0.15, 0.2) is 5.69 Å². The molecule has 3 rings (SSSR count). The van der Waals surface area contributed by atoms with Crippen LogP contribution in [0.1, 0.15) is 40.9 Å². The van der Waals surface area contributed by atoms with Gasteiger partial charge >= 0.3 is 0 Å². The molecule has 1 N–H and O–H groups in total. The summed E-state index contributed by atoms with van der Waals surface area (Å²) in [5.74, 6) is 0.738. The number of hydrogen-bond acceptors (Lipinski definition) is 5. The minimum absolute atomic E-state index is 0.0382. The fraction of sp³-hybridized carbons (Fsp3) is 0.600. The number of amides is 1. The Morgan fingerprint density at radius 1 is 1.41 bits per heavy atom. The predicted octanol–water partition coefficient (Wildman–Crippen LogP) is 1.78. The molecule has 0 aromatic carbocycles. The van der Waals surface area contributed by atoms with Crippen LogP contribution in [-0.4, -0.2) is 65.8 Å². The standard InChI is InChI=1S/C20H31N5O2/c1-5-25-18-9-8-15(21-10-11-23(2)3)13-17(18)19(22-25)20(26)24(4)14-16-7-6-12-27-16/h6-7,12,15,21H,5,8-11,13-14H2,1-4H3/t15-/m1/s1. The third-order valence-electron chi connectivity index (χ3n) is 5.16. The molecule has 0 spiro atoms. The number of aromatic nitrogens is 2. The number of aryl methyl sites for hydroxylation is 1. The van der Waals surface area contributed by atoms with E-state index in [4.69, 9.17) is 4.42 Å². The molecule has 0 aliphatic heterocycles. The lowest BCUT2D eigenvalue weighted by atomic mass is 9.91. The van der Waals surface area contributed by atoms with Crippen molar-refractivity contribution in [3.05, 3.63) is 41.1 Å². The van der Waals surface area contributed by atoms with E-state index in [2.05, 4.69) is 36.3 Å². The number of likely N-dealkylation sites (N-methyl/N-ethyl adjacent to an activating group) is 1. The van der Waals surface area contributed by atoms with Crippen molar-refractivity contribution in [3.8, 4) is 0 Å². The maximum Gasteiger partial charge on any atom is 0.274 e. The number of carbonyl (C=O) groups is 1. The summed E-state index contributed by atoms with van der Waals surface area (Å²) in [4.78, 5) is 16.9. The molecule has 0 saturated carbocycles. The fourth-order valence-corrected chi connectivity index (χ4v) is 3.68. The molecular formula is C20H31N5O2. The number of furan rings is 1. The van der Waals surface area contributed by atoms with Crippen molar-refractivity contribution in [1.82, 2.24) is 24.9 Å². The monoisotopic (exact) mass is 373 g/mol. The first-order chi connectivity index (χ1) is 13.0. The summed E-state index contributed by atoms with van der Waals surface area (Å²) in [6.45, 7) is 5.28. The van der Waals surface area contributed by atoms with Crippen LogP contribution in [0.2, 0.25) is 0 Å². The zero-order valence-corrected chi connectivity index (χ0v) is 16.9. The van der Waals surface area contributed by atoms with E-state index >= 15 is 0 Å². The second kappa shape index (κ2) is 8.71. The molecule has 1 aliphatic rings. The smallest absolute Gasteiger partial charge is 0.274 e. The van der Waals surface area contributed by atoms with Gasteiger partial charge in [0.05, 0.1) is 12.8 Å². The second-order valence-corrected chi connectivity index (χ2v) is 7.53. The van der Waals surface area contributed by atoms with E-state index in [0.717, 1.165) is 50.2 Å². The molecule has 1 amide bonds. The lowest BCUT2D eigenvalue weighted by molar-refractivity contribution is 0.0767. The van der Waals surface area contributed by atoms with Gasteiger partial charge in [-0.1, -0.05) is 0 Å². The van der Waals surface area contributed by atoms with Crippen LogP contribution >= 0.6 is 0 Å². The SMILES string of the molecule is CCn1nc(C(=O)N(C)Cc2ccco2)c2c1CC[C@@H](NCCN(C)C)C2. The molecule has 0 fully saturated rings. The molecule has 27 heavy (non-hydrogen) atoms. The normalized spacial score (nSPS) is 16.6. The quantitative estimate of drug-likeness (QED) is 0.764. The van der Waals surface area contributed by atoms with Gasteiger partial charge in [-0.05, 0) is 52.4 Å². The predicted molar refractivity (Wildman–Crippen MR) is 105 cm³/mol. The van der Waals surface area contributed by atoms with Crippen LogP contribution in [-0.2, 0) is 25.9 Å². The molecule has 0 radical (unpaired) electrons. The second-order valence-electron chi connectivity index (χ2n) is 7.53. The summed E-state index contributed by atoms with van der Waals surface area (Å²) in [5.41, 5.74) is 2.93. The Labute approximate surface area is 161 Å². The van der Waals surface area contributed by atoms with Crippen molar-refractivity contribution < 1.29 is 9.21 Å². The van der Waals surface area contributed by atoms with Crippen LogP contribution in [0, 0.1) is 0 Å². The summed E-state index contributed by atoms with van der Waals surface area (Å²) >= 11 is 0. The van der Waals surface area contributed by atoms with Gasteiger partial charge in [0.25, 0.3) is 5.91 Å². The topological polar surface area (TPSA) is 66.5 Å². The maximum absolute atomic E-state index is 13.1. The van der Waals surface area contributed by atoms with Crippen LogP contribution in [0.15, 0.2) is 22.8 Å². The van der Waals surface area contributed by atoms with Gasteiger partial charge in [-0.3, -0.25) is 9.48 Å². The first-order valence-corrected chi connectivity index (χ1v) is 9.74. The molecule has 7 heteroatoms. The Bertz CT molecular complexity index is 751. The highest BCUT2D eigenvalue weighted by Gasteiger charge is 2.30. The molecule has 7 nitrogen and oxygen atoms in total. The minimum atomic E-state index is -0.0382. The van der Waals surface area contributed by atoms with E-state index in [9.17, 15) is 4.79 Å². The summed E-state index contributed by atoms with van der Waals surface area (Å²) in [6, 6.07) is 4.12. The summed E-state index contributed by atoms with van der Waals surface area (Å²) < 4.78 is 7.38. The van der Waals surface area contributed by atoms with Crippen LogP contribution in [0.25, 0.3) is 0 Å². The highest BCUT2D eigenvalue weighted by molar-refractivity contribution is 5.94. The average Bonchev–Trinajstić information content (AvgIpc) is 3.28. The van der Waals surface area contributed by atoms with Gasteiger partial charge in [-0.15, -0.1) is 0 Å². The van der Waals surface area contributed by atoms with Gasteiger partial charge in [0.1, 0.15) is 5.76 Å². The van der Waals surface area contributed by atoms with Crippen LogP contribution < -0.4 is 5.32 Å². The van der Waals surface area contributed by atoms with Gasteiger partial charge in [-0.25, -0.2) is 0 Å². The molecule has 1 aliphatic carbocycles. The summed E-state index contributed by atoms with van der Waals surface area (Å²) in [5, 5.41) is 8.30. The number of hydrogen-bond donors (Lipinski definition) is 1. The van der Waals surface area contributed by atoms with Crippen LogP contribution in [0.3, 0.4) is 0 Å². The first-order valence-electron chi connectivity index (χ1n) is 9.74. The number of carbonyl (C=O) groups excluding carboxylic acids is 1. The van der Waals surface area contributed by atoms with E-state index in [0.29, 0.717) is 18.3 Å². The highest BCUT2D eigenvalue weighted by Crippen LogP contribution is 2.26. The van der Waals surface area contributed by atoms with Gasteiger partial charge in [0.2, 0.25) is 0 Å². The number of fused-ring (bicyclic) bond motifs is 1. The van der Waals surface area contributed by atoms with Crippen molar-refractivity contribution >= 4 is 5.91 Å². The molecule has 2 aromatic heterocycles. The molecule has 148 valence electrons. The Morgan fingerprint density at radius 2 is 2.22 bits per heavy atom. The summed E-state index contributed by atoms with van der Waals surface area (Å²) in [7, 11) is 5.97. The third-order valence-corrected chi connectivity index (χ3v) is 5.16. The molecule has 2 aromatic rings. The van der Waals surface area contributed by atoms with Gasteiger partial charge < -0.3 is 19.5 Å². The highest BCUT2D eigenvalue weighted by atomic mass is 16.3. The Hall–Kier alpha value is -2.12. The molecule has 2 heterocycles. The average molecular weight is 374 g/mol. The Kier molecular flexibility index (Phi) is 6.34. The first kappa shape index (κ1) is 19.6. The Balaban J connectivity index is 1.74. The maximum atomic E-state index is 13.1. The lowest BCUT2D eigenvalue weighted by Gasteiger charge is -2.25. The lowest BCUT2D eigenvalue weighted by Crippen LogP contribution is -2.39. The van der Waals surface area contributed by atoms with Crippen molar-refractivity contribution in [1.29, 1.82) is 0 Å². The zero-order chi connectivity index (χ0) is 19.4. The van der Waals surface area contributed by atoms with E-state index in [-0.39, 0.29) is 5.91 Å². The molecule has 0 saturated heterocycles. The van der Waals surface area contributed by atoms with Crippen molar-refractivity contribution in [2.24, 2.45) is 0 Å². The van der Waals surface area contributed by atoms with Crippen molar-refractivity contribution in [2.45, 2.75) is 45.3 Å². The van der Waals surface area contributed by atoms with E-state index in [1.165, 1.54) is 5.69 Å². The third kappa shape index (κ3) is 4.59. The zero-order valence-electron chi connectivity index (χ0n) is 16.9. The summed E-state index contributed by atoms with van der Waals surface area (Å²) in [6.07, 6.45) is 4.54. The molecule has 0 unspecified atom stereocenters. The fourth-order valence-electron chi connectivity index (χ4n) is 3.68. The number of nitrogens with zero attached hydrogens (tertiary/aromatic N) is 4. The minimum Gasteiger partial charge on any atom is -0.467 e. The Morgan fingerprint density at radius 3 is 2.89 bits per heavy atom. The van der Waals surface area contributed by atoms with Crippen LogP contribution in [0.5, 0.6) is 0 Å². The number of rotatable bonds is 8. The van der Waals surface area contributed by atoms with E-state index < -0.39 is 0 Å². The van der Waals surface area contributed by atoms with E-state index in [1.807, 2.05) is 16.8 Å². The number of nitrogens with one attached hydrogen (secondary N) is 1. The van der Waals surface area contributed by atoms with Gasteiger partial charge in [-0.2, -0.15) is 5.10 Å². The van der Waals surface area contributed by atoms with Crippen LogP contribution in [0.4, 0.5) is 0 Å². The van der Waals surface area contributed by atoms with Crippen molar-refractivity contribution in [3.63, 3.8) is 0 Å². The molecule has 1 atom stereocenters. The molecule has 0 bridgehead atoms. The van der Waals surface area contributed by atoms with Crippen molar-refractivity contribution in [2.75, 3.05) is 34.2 Å².